The normalized spacial score (nSPS) is 14.9. The SMILES string of the molecule is CC/C=C\C/C=C\C/C=C\C/C=C\C/C=C\C/C=C\CCCCCCCCCCCCCCCCCCC(=O)OCC(O)COP(=O)(O)OCC(O)COP(=O)(O)OCC(COC(=O)CC/C=C\C/C=C\C/C=C\C/C=C\C/C=C\C/C=C\CC)OC(=O)CCCCCCCC/C=C\C/C=C\C/C=C\C/C=C\CC. The van der Waals surface area contributed by atoms with Crippen LogP contribution in [0.15, 0.2) is 194 Å². The molecule has 0 radical (unpaired) electrons. The number of ether oxygens (including phenoxy) is 3. The van der Waals surface area contributed by atoms with Gasteiger partial charge in [0.25, 0.3) is 0 Å². The van der Waals surface area contributed by atoms with Crippen LogP contribution in [0.5, 0.6) is 0 Å². The smallest absolute Gasteiger partial charge is 0.463 e. The molecule has 618 valence electrons. The fourth-order valence-electron chi connectivity index (χ4n) is 10.6. The summed E-state index contributed by atoms with van der Waals surface area (Å²) in [5.74, 6) is -1.70. The molecular weight excluding hydrogens is 1410 g/mol. The van der Waals surface area contributed by atoms with Crippen molar-refractivity contribution < 1.29 is 75.8 Å². The molecule has 0 saturated heterocycles. The summed E-state index contributed by atoms with van der Waals surface area (Å²) in [5, 5.41) is 20.7. The van der Waals surface area contributed by atoms with E-state index in [4.69, 9.17) is 32.3 Å². The second kappa shape index (κ2) is 81.9. The highest BCUT2D eigenvalue weighted by Gasteiger charge is 2.29. The van der Waals surface area contributed by atoms with Crippen molar-refractivity contribution in [1.29, 1.82) is 0 Å². The van der Waals surface area contributed by atoms with Crippen LogP contribution in [0.25, 0.3) is 0 Å². The Morgan fingerprint density at radius 1 is 0.257 bits per heavy atom. The minimum Gasteiger partial charge on any atom is -0.463 e. The molecule has 0 amide bonds. The summed E-state index contributed by atoms with van der Waals surface area (Å²) >= 11 is 0. The lowest BCUT2D eigenvalue weighted by molar-refractivity contribution is -0.161. The average Bonchev–Trinajstić information content (AvgIpc) is 0.900. The Morgan fingerprint density at radius 3 is 0.780 bits per heavy atom. The van der Waals surface area contributed by atoms with Crippen LogP contribution in [-0.4, -0.2) is 95.9 Å². The highest BCUT2D eigenvalue weighted by molar-refractivity contribution is 7.47. The number of hydrogen-bond donors (Lipinski definition) is 4. The lowest BCUT2D eigenvalue weighted by Crippen LogP contribution is -2.30. The van der Waals surface area contributed by atoms with Crippen LogP contribution in [-0.2, 0) is 55.8 Å². The zero-order valence-corrected chi connectivity index (χ0v) is 69.4. The Morgan fingerprint density at radius 2 is 0.477 bits per heavy atom. The summed E-state index contributed by atoms with van der Waals surface area (Å²) in [5.41, 5.74) is 0. The predicted molar refractivity (Wildman–Crippen MR) is 454 cm³/mol. The molecule has 0 saturated carbocycles. The van der Waals surface area contributed by atoms with Gasteiger partial charge in [-0.05, 0) is 148 Å². The van der Waals surface area contributed by atoms with Gasteiger partial charge < -0.3 is 34.2 Å². The van der Waals surface area contributed by atoms with Gasteiger partial charge in [-0.1, -0.05) is 331 Å². The van der Waals surface area contributed by atoms with E-state index < -0.39 is 91.5 Å². The number of carbonyl (C=O) groups is 3. The van der Waals surface area contributed by atoms with Crippen molar-refractivity contribution in [2.24, 2.45) is 0 Å². The number of allylic oxidation sites excluding steroid dienone is 32. The molecule has 0 aliphatic heterocycles. The molecule has 0 spiro atoms. The summed E-state index contributed by atoms with van der Waals surface area (Å²) < 4.78 is 61.1. The second-order valence-corrected chi connectivity index (χ2v) is 30.0. The molecule has 18 heteroatoms. The molecule has 5 unspecified atom stereocenters. The van der Waals surface area contributed by atoms with Gasteiger partial charge in [0.1, 0.15) is 25.4 Å². The van der Waals surface area contributed by atoms with Gasteiger partial charge in [0, 0.05) is 19.3 Å². The first-order valence-electron chi connectivity index (χ1n) is 41.7. The van der Waals surface area contributed by atoms with Crippen molar-refractivity contribution in [3.05, 3.63) is 194 Å². The second-order valence-electron chi connectivity index (χ2n) is 27.1. The largest absolute Gasteiger partial charge is 0.472 e. The van der Waals surface area contributed by atoms with Crippen molar-refractivity contribution in [3.8, 4) is 0 Å². The van der Waals surface area contributed by atoms with Crippen LogP contribution in [0.3, 0.4) is 0 Å². The van der Waals surface area contributed by atoms with Crippen molar-refractivity contribution in [2.75, 3.05) is 39.6 Å². The van der Waals surface area contributed by atoms with Crippen molar-refractivity contribution in [2.45, 2.75) is 322 Å². The molecule has 0 aliphatic carbocycles. The number of unbranched alkanes of at least 4 members (excludes halogenated alkanes) is 22. The Balaban J connectivity index is 4.54. The van der Waals surface area contributed by atoms with Gasteiger partial charge in [-0.25, -0.2) is 9.13 Å². The number of phosphoric ester groups is 2. The maximum Gasteiger partial charge on any atom is 0.472 e. The van der Waals surface area contributed by atoms with E-state index in [1.807, 2.05) is 18.2 Å². The highest BCUT2D eigenvalue weighted by Crippen LogP contribution is 2.45. The average molecular weight is 1560 g/mol. The molecule has 16 nitrogen and oxygen atoms in total. The van der Waals surface area contributed by atoms with Gasteiger partial charge in [0.2, 0.25) is 0 Å². The first-order chi connectivity index (χ1) is 53.2. The summed E-state index contributed by atoms with van der Waals surface area (Å²) in [6, 6.07) is 0. The topological polar surface area (TPSA) is 231 Å². The van der Waals surface area contributed by atoms with Gasteiger partial charge in [0.15, 0.2) is 6.10 Å². The molecule has 0 heterocycles. The third-order valence-electron chi connectivity index (χ3n) is 16.8. The van der Waals surface area contributed by atoms with E-state index in [9.17, 15) is 43.5 Å². The monoisotopic (exact) mass is 1560 g/mol. The van der Waals surface area contributed by atoms with E-state index in [0.29, 0.717) is 25.7 Å². The van der Waals surface area contributed by atoms with Crippen LogP contribution in [0.2, 0.25) is 0 Å². The molecule has 0 bridgehead atoms. The van der Waals surface area contributed by atoms with Gasteiger partial charge in [0.05, 0.1) is 26.4 Å². The van der Waals surface area contributed by atoms with E-state index in [1.54, 1.807) is 0 Å². The minimum atomic E-state index is -4.96. The van der Waals surface area contributed by atoms with Crippen LogP contribution in [0.4, 0.5) is 0 Å². The van der Waals surface area contributed by atoms with Gasteiger partial charge >= 0.3 is 33.6 Å². The van der Waals surface area contributed by atoms with Crippen LogP contribution in [0.1, 0.15) is 303 Å². The molecule has 0 rings (SSSR count). The van der Waals surface area contributed by atoms with E-state index in [0.717, 1.165) is 154 Å². The van der Waals surface area contributed by atoms with E-state index in [2.05, 4.69) is 197 Å². The van der Waals surface area contributed by atoms with Crippen LogP contribution in [0, 0.1) is 0 Å². The molecular formula is C91H148O16P2. The number of phosphoric acid groups is 2. The molecule has 0 fully saturated rings. The maximum absolute atomic E-state index is 13.0. The molecule has 0 aliphatic rings. The molecule has 4 N–H and O–H groups in total. The Labute approximate surface area is 661 Å². The lowest BCUT2D eigenvalue weighted by Gasteiger charge is -2.21. The fourth-order valence-corrected chi connectivity index (χ4v) is 12.2. The summed E-state index contributed by atoms with van der Waals surface area (Å²) in [6.07, 6.45) is 108. The summed E-state index contributed by atoms with van der Waals surface area (Å²) in [6.45, 7) is 2.23. The standard InChI is InChI=1S/C91H148O16P2/c1-4-7-10-13-16-19-22-25-28-31-34-35-36-37-38-39-40-41-42-43-44-45-46-47-48-49-52-54-56-59-62-65-68-71-74-77-89(94)101-80-86(92)81-103-108(97,98)104-82-87(93)83-105-109(99,100)106-85-88(107-91(96)79-76-73-70-67-64-61-58-55-51-33-30-27-24-21-18-15-12-9-6-3)84-102-90(95)78-75-72-69-66-63-60-57-53-50-32-29-26-23-20-17-14-11-8-5-2/h7-12,16-21,25-30,34-35,37-38,40-41,50-51,53,55,60,63,69,72,86-88,92-93H,4-6,13-15,22-24,31-33,36,39,42-49,52,54,56-59,61-62,64-68,70-71,73-85H2,1-3H3,(H,97,98)(H,99,100)/b10-7-,11-8-,12-9-,19-16-,20-17-,21-18-,28-25-,29-26-,30-27-,35-34-,38-37-,41-40-,53-50-,55-51-,63-60-,72-69-. The van der Waals surface area contributed by atoms with Crippen molar-refractivity contribution >= 4 is 33.6 Å². The first-order valence-corrected chi connectivity index (χ1v) is 44.7. The van der Waals surface area contributed by atoms with E-state index >= 15 is 0 Å². The maximum atomic E-state index is 13.0. The number of carbonyl (C=O) groups excluding carboxylic acids is 3. The van der Waals surface area contributed by atoms with Gasteiger partial charge in [-0.2, -0.15) is 0 Å². The fraction of sp³-hybridized carbons (Fsp3) is 0.615. The Hall–Kier alpha value is -5.61. The molecule has 0 aromatic rings. The molecule has 0 aromatic heterocycles. The number of esters is 3. The summed E-state index contributed by atoms with van der Waals surface area (Å²) in [7, 11) is -9.83. The minimum absolute atomic E-state index is 0.0352. The van der Waals surface area contributed by atoms with Gasteiger partial charge in [-0.15, -0.1) is 0 Å². The molecule has 109 heavy (non-hydrogen) atoms. The Bertz CT molecular complexity index is 2760. The molecule has 0 aromatic carbocycles. The van der Waals surface area contributed by atoms with Crippen molar-refractivity contribution in [3.63, 3.8) is 0 Å². The molecule has 5 atom stereocenters. The first kappa shape index (κ1) is 103. The van der Waals surface area contributed by atoms with Gasteiger partial charge in [-0.3, -0.25) is 32.5 Å². The van der Waals surface area contributed by atoms with E-state index in [-0.39, 0.29) is 19.3 Å². The summed E-state index contributed by atoms with van der Waals surface area (Å²) in [4.78, 5) is 58.7. The zero-order valence-electron chi connectivity index (χ0n) is 67.6. The van der Waals surface area contributed by atoms with Crippen molar-refractivity contribution in [1.82, 2.24) is 0 Å². The Kier molecular flexibility index (Phi) is 77.7. The van der Waals surface area contributed by atoms with Crippen LogP contribution < -0.4 is 0 Å². The number of rotatable bonds is 77. The van der Waals surface area contributed by atoms with Crippen LogP contribution >= 0.6 is 15.6 Å². The third-order valence-corrected chi connectivity index (χ3v) is 18.7. The quantitative estimate of drug-likeness (QED) is 0.0146. The lowest BCUT2D eigenvalue weighted by atomic mass is 10.0. The predicted octanol–water partition coefficient (Wildman–Crippen LogP) is 25.1. The highest BCUT2D eigenvalue weighted by atomic mass is 31.2. The van der Waals surface area contributed by atoms with E-state index in [1.165, 1.54) is 83.5 Å². The third kappa shape index (κ3) is 83.2. The number of aliphatic hydroxyl groups is 2. The zero-order chi connectivity index (χ0) is 79.4. The number of aliphatic hydroxyl groups excluding tert-OH is 2. The number of hydrogen-bond acceptors (Lipinski definition) is 14.